The lowest BCUT2D eigenvalue weighted by Gasteiger charge is -2.20. The SMILES string of the molecule is Clc1cccc(Cl)c1NC1=NCCN1OCC=Cc1ccccc1. The second-order valence-electron chi connectivity index (χ2n) is 5.14. The molecule has 1 N–H and O–H groups in total. The van der Waals surface area contributed by atoms with Gasteiger partial charge in [0.25, 0.3) is 0 Å². The zero-order valence-corrected chi connectivity index (χ0v) is 14.5. The monoisotopic (exact) mass is 361 g/mol. The Morgan fingerprint density at radius 3 is 2.58 bits per heavy atom. The van der Waals surface area contributed by atoms with Crippen LogP contribution in [-0.4, -0.2) is 30.7 Å². The molecule has 1 aliphatic heterocycles. The predicted molar refractivity (Wildman–Crippen MR) is 101 cm³/mol. The van der Waals surface area contributed by atoms with E-state index in [1.807, 2.05) is 42.5 Å². The molecule has 0 saturated carbocycles. The number of guanidine groups is 1. The summed E-state index contributed by atoms with van der Waals surface area (Å²) in [6.45, 7) is 1.79. The van der Waals surface area contributed by atoms with Gasteiger partial charge in [-0.1, -0.05) is 71.8 Å². The molecule has 0 amide bonds. The zero-order valence-electron chi connectivity index (χ0n) is 13.0. The second-order valence-corrected chi connectivity index (χ2v) is 5.95. The zero-order chi connectivity index (χ0) is 16.8. The van der Waals surface area contributed by atoms with E-state index in [9.17, 15) is 0 Å². The largest absolute Gasteiger partial charge is 0.322 e. The van der Waals surface area contributed by atoms with Crippen LogP contribution in [-0.2, 0) is 4.84 Å². The maximum atomic E-state index is 6.18. The van der Waals surface area contributed by atoms with E-state index in [1.165, 1.54) is 0 Å². The lowest BCUT2D eigenvalue weighted by molar-refractivity contribution is -0.0764. The summed E-state index contributed by atoms with van der Waals surface area (Å²) in [5, 5.41) is 5.95. The van der Waals surface area contributed by atoms with E-state index in [0.717, 1.165) is 5.56 Å². The van der Waals surface area contributed by atoms with Crippen molar-refractivity contribution >= 4 is 40.9 Å². The Morgan fingerprint density at radius 2 is 1.83 bits per heavy atom. The summed E-state index contributed by atoms with van der Waals surface area (Å²) < 4.78 is 0. The van der Waals surface area contributed by atoms with E-state index < -0.39 is 0 Å². The van der Waals surface area contributed by atoms with Crippen LogP contribution in [0.5, 0.6) is 0 Å². The van der Waals surface area contributed by atoms with Crippen molar-refractivity contribution in [1.29, 1.82) is 0 Å². The Morgan fingerprint density at radius 1 is 1.08 bits per heavy atom. The number of hydrogen-bond acceptors (Lipinski definition) is 4. The number of halogens is 2. The summed E-state index contributed by atoms with van der Waals surface area (Å²) in [6.07, 6.45) is 3.99. The van der Waals surface area contributed by atoms with Crippen molar-refractivity contribution in [2.24, 2.45) is 4.99 Å². The minimum absolute atomic E-state index is 0.450. The van der Waals surface area contributed by atoms with Gasteiger partial charge >= 0.3 is 0 Å². The van der Waals surface area contributed by atoms with Crippen LogP contribution in [0.15, 0.2) is 59.6 Å². The van der Waals surface area contributed by atoms with Gasteiger partial charge in [-0.05, 0) is 17.7 Å². The normalized spacial score (nSPS) is 14.2. The van der Waals surface area contributed by atoms with E-state index in [2.05, 4.69) is 10.3 Å². The Balaban J connectivity index is 1.57. The molecular weight excluding hydrogens is 345 g/mol. The standard InChI is InChI=1S/C18H17Cl2N3O/c19-15-9-4-10-16(20)17(15)22-18-21-11-12-23(18)24-13-5-8-14-6-2-1-3-7-14/h1-10H,11-13H2,(H,21,22). The number of hydroxylamine groups is 2. The Labute approximate surface area is 151 Å². The molecule has 4 nitrogen and oxygen atoms in total. The molecule has 2 aromatic carbocycles. The number of hydrogen-bond donors (Lipinski definition) is 1. The quantitative estimate of drug-likeness (QED) is 0.836. The molecular formula is C18H17Cl2N3O. The van der Waals surface area contributed by atoms with Crippen LogP contribution < -0.4 is 5.32 Å². The highest BCUT2D eigenvalue weighted by molar-refractivity contribution is 6.39. The number of nitrogens with one attached hydrogen (secondary N) is 1. The molecule has 0 aliphatic carbocycles. The van der Waals surface area contributed by atoms with Gasteiger partial charge in [-0.2, -0.15) is 0 Å². The van der Waals surface area contributed by atoms with E-state index in [4.69, 9.17) is 28.0 Å². The third-order valence-electron chi connectivity index (χ3n) is 3.44. The maximum Gasteiger partial charge on any atom is 0.223 e. The number of rotatable bonds is 5. The van der Waals surface area contributed by atoms with Crippen LogP contribution in [0.1, 0.15) is 5.56 Å². The molecule has 0 atom stereocenters. The fourth-order valence-corrected chi connectivity index (χ4v) is 2.76. The molecule has 24 heavy (non-hydrogen) atoms. The minimum Gasteiger partial charge on any atom is -0.322 e. The summed E-state index contributed by atoms with van der Waals surface area (Å²) >= 11 is 12.4. The number of para-hydroxylation sites is 1. The first kappa shape index (κ1) is 16.8. The summed E-state index contributed by atoms with van der Waals surface area (Å²) in [5.74, 6) is 0.609. The summed E-state index contributed by atoms with van der Waals surface area (Å²) in [4.78, 5) is 10.2. The third-order valence-corrected chi connectivity index (χ3v) is 4.07. The second kappa shape index (κ2) is 8.20. The van der Waals surface area contributed by atoms with Gasteiger partial charge in [0.1, 0.15) is 0 Å². The fraction of sp³-hybridized carbons (Fsp3) is 0.167. The molecule has 6 heteroatoms. The van der Waals surface area contributed by atoms with Gasteiger partial charge in [-0.15, -0.1) is 0 Å². The number of anilines is 1. The van der Waals surface area contributed by atoms with Crippen molar-refractivity contribution < 1.29 is 4.84 Å². The number of benzene rings is 2. The molecule has 0 aromatic heterocycles. The highest BCUT2D eigenvalue weighted by Gasteiger charge is 2.19. The first-order chi connectivity index (χ1) is 11.7. The van der Waals surface area contributed by atoms with Gasteiger partial charge < -0.3 is 5.32 Å². The molecule has 0 fully saturated rings. The van der Waals surface area contributed by atoms with Gasteiger partial charge in [0.2, 0.25) is 5.96 Å². The Hall–Kier alpha value is -2.01. The minimum atomic E-state index is 0.450. The highest BCUT2D eigenvalue weighted by atomic mass is 35.5. The van der Waals surface area contributed by atoms with Crippen LogP contribution in [0, 0.1) is 0 Å². The lowest BCUT2D eigenvalue weighted by atomic mass is 10.2. The van der Waals surface area contributed by atoms with Crippen molar-refractivity contribution in [1.82, 2.24) is 5.06 Å². The lowest BCUT2D eigenvalue weighted by Crippen LogP contribution is -2.33. The molecule has 0 spiro atoms. The molecule has 3 rings (SSSR count). The Bertz CT molecular complexity index is 727. The molecule has 2 aromatic rings. The van der Waals surface area contributed by atoms with Gasteiger partial charge in [0.05, 0.1) is 35.4 Å². The summed E-state index contributed by atoms with van der Waals surface area (Å²) in [6, 6.07) is 15.4. The molecule has 124 valence electrons. The fourth-order valence-electron chi connectivity index (χ4n) is 2.27. The average Bonchev–Trinajstić information content (AvgIpc) is 3.03. The van der Waals surface area contributed by atoms with Gasteiger partial charge in [0.15, 0.2) is 0 Å². The van der Waals surface area contributed by atoms with Gasteiger partial charge in [-0.3, -0.25) is 4.84 Å². The first-order valence-corrected chi connectivity index (χ1v) is 8.37. The smallest absolute Gasteiger partial charge is 0.223 e. The van der Waals surface area contributed by atoms with Gasteiger partial charge in [0, 0.05) is 0 Å². The summed E-state index contributed by atoms with van der Waals surface area (Å²) in [5.41, 5.74) is 1.77. The number of nitrogens with zero attached hydrogens (tertiary/aromatic N) is 2. The third kappa shape index (κ3) is 4.29. The predicted octanol–water partition coefficient (Wildman–Crippen LogP) is 4.72. The van der Waals surface area contributed by atoms with Crippen molar-refractivity contribution in [3.05, 3.63) is 70.2 Å². The van der Waals surface area contributed by atoms with Gasteiger partial charge in [-0.25, -0.2) is 10.1 Å². The maximum absolute atomic E-state index is 6.18. The van der Waals surface area contributed by atoms with Crippen LogP contribution in [0.4, 0.5) is 5.69 Å². The van der Waals surface area contributed by atoms with Crippen LogP contribution in [0.3, 0.4) is 0 Å². The van der Waals surface area contributed by atoms with E-state index in [0.29, 0.717) is 41.4 Å². The topological polar surface area (TPSA) is 36.9 Å². The van der Waals surface area contributed by atoms with Crippen LogP contribution in [0.2, 0.25) is 10.0 Å². The van der Waals surface area contributed by atoms with E-state index in [-0.39, 0.29) is 0 Å². The van der Waals surface area contributed by atoms with E-state index in [1.54, 1.807) is 23.3 Å². The van der Waals surface area contributed by atoms with Crippen molar-refractivity contribution in [2.75, 3.05) is 25.0 Å². The van der Waals surface area contributed by atoms with Crippen molar-refractivity contribution in [2.45, 2.75) is 0 Å². The first-order valence-electron chi connectivity index (χ1n) is 7.61. The highest BCUT2D eigenvalue weighted by Crippen LogP contribution is 2.30. The van der Waals surface area contributed by atoms with Crippen LogP contribution >= 0.6 is 23.2 Å². The van der Waals surface area contributed by atoms with E-state index >= 15 is 0 Å². The summed E-state index contributed by atoms with van der Waals surface area (Å²) in [7, 11) is 0. The molecule has 0 bridgehead atoms. The Kier molecular flexibility index (Phi) is 5.75. The molecule has 0 saturated heterocycles. The van der Waals surface area contributed by atoms with Crippen LogP contribution in [0.25, 0.3) is 6.08 Å². The molecule has 0 unspecified atom stereocenters. The molecule has 1 aliphatic rings. The average molecular weight is 362 g/mol. The van der Waals surface area contributed by atoms with Crippen molar-refractivity contribution in [3.8, 4) is 0 Å². The number of aliphatic imine (C=N–C) groups is 1. The molecule has 1 heterocycles. The van der Waals surface area contributed by atoms with Crippen molar-refractivity contribution in [3.63, 3.8) is 0 Å². The molecule has 0 radical (unpaired) electrons.